The summed E-state index contributed by atoms with van der Waals surface area (Å²) in [5.74, 6) is -0.375. The van der Waals surface area contributed by atoms with Crippen molar-refractivity contribution in [1.29, 1.82) is 0 Å². The Morgan fingerprint density at radius 1 is 1.18 bits per heavy atom. The first kappa shape index (κ1) is 32.8. The van der Waals surface area contributed by atoms with Gasteiger partial charge in [0, 0.05) is 18.7 Å². The van der Waals surface area contributed by atoms with Crippen molar-refractivity contribution in [3.05, 3.63) is 98.3 Å². The lowest BCUT2D eigenvalue weighted by molar-refractivity contribution is -0.227. The van der Waals surface area contributed by atoms with E-state index >= 15 is 0 Å². The number of aliphatic hydroxyl groups excluding tert-OH is 1. The van der Waals surface area contributed by atoms with Gasteiger partial charge >= 0.3 is 19.4 Å². The van der Waals surface area contributed by atoms with Crippen LogP contribution in [0.4, 0.5) is 0 Å². The third-order valence-corrected chi connectivity index (χ3v) is 9.52. The monoisotopic (exact) mass is 643 g/mol. The highest BCUT2D eigenvalue weighted by Crippen LogP contribution is 2.51. The summed E-state index contributed by atoms with van der Waals surface area (Å²) in [4.78, 5) is 39.3. The minimum Gasteiger partial charge on any atom is -0.460 e. The predicted molar refractivity (Wildman–Crippen MR) is 163 cm³/mol. The maximum Gasteiger partial charge on any atom is 0.459 e. The fourth-order valence-corrected chi connectivity index (χ4v) is 6.88. The standard InChI is InChI=1S/C31H38N3O10P/c1-19(2)23-11-10-20(3)16-24(23)44-45(39,33-21(4)28(37)40-17-22-8-6-5-7-9-22)42-18-25-27(36)31(13-15-41-31)29(43-25)34-14-12-26(35)32-30(34)38/h5-12,14,16,19,21,25,27,29,36H,13,15,17-18H2,1-4H3,(H,33,39)(H,32,35,38)/t21-,25+,27+,29+,31+,45?/m0/s1. The van der Waals surface area contributed by atoms with E-state index in [0.717, 1.165) is 27.3 Å². The van der Waals surface area contributed by atoms with E-state index in [0.29, 0.717) is 18.8 Å². The van der Waals surface area contributed by atoms with Crippen molar-refractivity contribution in [1.82, 2.24) is 14.6 Å². The number of benzene rings is 2. The minimum absolute atomic E-state index is 0.00862. The third kappa shape index (κ3) is 7.14. The van der Waals surface area contributed by atoms with Crippen LogP contribution >= 0.6 is 7.75 Å². The Morgan fingerprint density at radius 3 is 2.56 bits per heavy atom. The molecule has 2 aromatic carbocycles. The van der Waals surface area contributed by atoms with Crippen LogP contribution in [0.25, 0.3) is 0 Å². The molecule has 3 N–H and O–H groups in total. The Kier molecular flexibility index (Phi) is 9.78. The van der Waals surface area contributed by atoms with Crippen LogP contribution in [-0.4, -0.2) is 57.7 Å². The van der Waals surface area contributed by atoms with Crippen molar-refractivity contribution >= 4 is 13.7 Å². The zero-order chi connectivity index (χ0) is 32.4. The normalized spacial score (nSPS) is 24.6. The Morgan fingerprint density at radius 2 is 1.91 bits per heavy atom. The maximum absolute atomic E-state index is 14.4. The van der Waals surface area contributed by atoms with Crippen LogP contribution in [0.1, 0.15) is 56.0 Å². The highest BCUT2D eigenvalue weighted by Gasteiger charge is 2.62. The van der Waals surface area contributed by atoms with E-state index in [4.69, 9.17) is 23.3 Å². The minimum atomic E-state index is -4.35. The Balaban J connectivity index is 1.37. The van der Waals surface area contributed by atoms with Gasteiger partial charge < -0.3 is 23.8 Å². The Bertz CT molecular complexity index is 1670. The number of H-pyrrole nitrogens is 1. The van der Waals surface area contributed by atoms with Crippen LogP contribution in [0.3, 0.4) is 0 Å². The summed E-state index contributed by atoms with van der Waals surface area (Å²) in [5.41, 5.74) is -0.215. The van der Waals surface area contributed by atoms with Gasteiger partial charge in [0.1, 0.15) is 36.2 Å². The molecule has 0 saturated carbocycles. The predicted octanol–water partition coefficient (Wildman–Crippen LogP) is 3.31. The van der Waals surface area contributed by atoms with Gasteiger partial charge in [0.2, 0.25) is 0 Å². The molecule has 0 aliphatic carbocycles. The second-order valence-electron chi connectivity index (χ2n) is 11.6. The summed E-state index contributed by atoms with van der Waals surface area (Å²) in [6.45, 7) is 7.13. The fourth-order valence-electron chi connectivity index (χ4n) is 5.36. The fraction of sp³-hybridized carbons (Fsp3) is 0.452. The number of hydrogen-bond donors (Lipinski definition) is 3. The van der Waals surface area contributed by atoms with Gasteiger partial charge in [0.15, 0.2) is 6.23 Å². The number of rotatable bonds is 12. The molecule has 3 heterocycles. The van der Waals surface area contributed by atoms with E-state index in [-0.39, 0.29) is 12.5 Å². The first-order chi connectivity index (χ1) is 21.4. The summed E-state index contributed by atoms with van der Waals surface area (Å²) >= 11 is 0. The Hall–Kier alpha value is -3.58. The summed E-state index contributed by atoms with van der Waals surface area (Å²) in [6.07, 6.45) is -1.88. The number of aryl methyl sites for hydroxylation is 1. The summed E-state index contributed by atoms with van der Waals surface area (Å²) in [7, 11) is -4.35. The van der Waals surface area contributed by atoms with Gasteiger partial charge in [-0.15, -0.1) is 0 Å². The first-order valence-electron chi connectivity index (χ1n) is 14.7. The van der Waals surface area contributed by atoms with Crippen LogP contribution < -0.4 is 20.9 Å². The van der Waals surface area contributed by atoms with Crippen molar-refractivity contribution in [2.24, 2.45) is 0 Å². The van der Waals surface area contributed by atoms with E-state index in [1.807, 2.05) is 63.2 Å². The average molecular weight is 644 g/mol. The number of carbonyl (C=O) groups excluding carboxylic acids is 1. The molecule has 0 bridgehead atoms. The Labute approximate surface area is 260 Å². The highest BCUT2D eigenvalue weighted by atomic mass is 31.2. The molecule has 0 radical (unpaired) electrons. The number of nitrogens with zero attached hydrogens (tertiary/aromatic N) is 1. The highest BCUT2D eigenvalue weighted by molar-refractivity contribution is 7.52. The van der Waals surface area contributed by atoms with Crippen molar-refractivity contribution in [3.63, 3.8) is 0 Å². The van der Waals surface area contributed by atoms with Gasteiger partial charge in [-0.1, -0.05) is 56.3 Å². The average Bonchev–Trinajstić information content (AvgIpc) is 3.27. The molecule has 5 rings (SSSR count). The zero-order valence-electron chi connectivity index (χ0n) is 25.5. The lowest BCUT2D eigenvalue weighted by atomic mass is 9.86. The number of aromatic nitrogens is 2. The van der Waals surface area contributed by atoms with Gasteiger partial charge in [0.05, 0.1) is 13.2 Å². The number of esters is 1. The molecule has 6 atom stereocenters. The molecule has 1 aromatic heterocycles. The number of nitrogens with one attached hydrogen (secondary N) is 2. The molecule has 0 amide bonds. The van der Waals surface area contributed by atoms with Crippen LogP contribution in [-0.2, 0) is 34.7 Å². The molecular weight excluding hydrogens is 605 g/mol. The first-order valence-corrected chi connectivity index (χ1v) is 16.3. The molecular formula is C31H38N3O10P. The van der Waals surface area contributed by atoms with E-state index in [2.05, 4.69) is 10.1 Å². The largest absolute Gasteiger partial charge is 0.460 e. The van der Waals surface area contributed by atoms with Crippen LogP contribution in [0.15, 0.2) is 70.4 Å². The number of aromatic amines is 1. The third-order valence-electron chi connectivity index (χ3n) is 7.89. The van der Waals surface area contributed by atoms with Gasteiger partial charge in [-0.3, -0.25) is 23.7 Å². The SMILES string of the molecule is Cc1ccc(C(C)C)c(OP(=O)(N[C@@H](C)C(=O)OCc2ccccc2)OC[C@H]2O[C@@H](n3ccc(=O)[nH]c3=O)[C@@]3(CCO3)[C@@H]2O)c1. The smallest absolute Gasteiger partial charge is 0.459 e. The summed E-state index contributed by atoms with van der Waals surface area (Å²) in [6, 6.07) is 14.7. The van der Waals surface area contributed by atoms with E-state index in [1.54, 1.807) is 6.07 Å². The quantitative estimate of drug-likeness (QED) is 0.196. The molecule has 1 unspecified atom stereocenters. The molecule has 2 saturated heterocycles. The van der Waals surface area contributed by atoms with Gasteiger partial charge in [-0.2, -0.15) is 5.09 Å². The number of aliphatic hydroxyl groups is 1. The van der Waals surface area contributed by atoms with Crippen molar-refractivity contribution in [3.8, 4) is 5.75 Å². The van der Waals surface area contributed by atoms with Crippen molar-refractivity contribution in [2.75, 3.05) is 13.2 Å². The molecule has 1 spiro atoms. The number of ether oxygens (including phenoxy) is 3. The maximum atomic E-state index is 14.4. The molecule has 2 fully saturated rings. The molecule has 2 aliphatic heterocycles. The molecule has 242 valence electrons. The lowest BCUT2D eigenvalue weighted by Gasteiger charge is -2.44. The number of hydrogen-bond acceptors (Lipinski definition) is 10. The van der Waals surface area contributed by atoms with Crippen LogP contribution in [0.5, 0.6) is 5.75 Å². The lowest BCUT2D eigenvalue weighted by Crippen LogP contribution is -2.57. The van der Waals surface area contributed by atoms with Crippen molar-refractivity contribution in [2.45, 2.75) is 76.7 Å². The van der Waals surface area contributed by atoms with Gasteiger partial charge in [-0.25, -0.2) is 9.36 Å². The molecule has 45 heavy (non-hydrogen) atoms. The van der Waals surface area contributed by atoms with E-state index < -0.39 is 61.7 Å². The molecule has 3 aromatic rings. The van der Waals surface area contributed by atoms with Gasteiger partial charge in [0.25, 0.3) is 5.56 Å². The van der Waals surface area contributed by atoms with E-state index in [9.17, 15) is 24.1 Å². The van der Waals surface area contributed by atoms with Crippen LogP contribution in [0.2, 0.25) is 0 Å². The van der Waals surface area contributed by atoms with Crippen molar-refractivity contribution < 1.29 is 37.7 Å². The molecule has 13 nitrogen and oxygen atoms in total. The molecule has 2 aliphatic rings. The number of carbonyl (C=O) groups is 1. The van der Waals surface area contributed by atoms with Crippen LogP contribution in [0, 0.1) is 6.92 Å². The summed E-state index contributed by atoms with van der Waals surface area (Å²) < 4.78 is 44.7. The second-order valence-corrected chi connectivity index (χ2v) is 13.3. The summed E-state index contributed by atoms with van der Waals surface area (Å²) in [5, 5.41) is 14.0. The van der Waals surface area contributed by atoms with E-state index in [1.165, 1.54) is 13.1 Å². The topological polar surface area (TPSA) is 167 Å². The second kappa shape index (κ2) is 13.4. The van der Waals surface area contributed by atoms with Gasteiger partial charge in [-0.05, 0) is 42.5 Å². The molecule has 14 heteroatoms. The zero-order valence-corrected chi connectivity index (χ0v) is 26.4.